The SMILES string of the molecule is C=CC(=O)N1CCC(C/C=C/N(C)[C@H](C(=O)N[C@H]2Cc3cc(N)cc(c3)-c3ccc4c(c3)c(c(-c3ccccc3COC)n4CC)CC(C)(C)COC(=O)[C@@H]3CCCN(N3)C2=O)C(C)C)C1. The highest BCUT2D eigenvalue weighted by molar-refractivity contribution is 5.96. The number of hydrazine groups is 1. The number of aromatic nitrogens is 1. The van der Waals surface area contributed by atoms with E-state index in [2.05, 4.69) is 91.2 Å². The molecule has 0 spiro atoms. The summed E-state index contributed by atoms with van der Waals surface area (Å²) in [6.45, 7) is 17.1. The fourth-order valence-corrected chi connectivity index (χ4v) is 10.2. The molecule has 13 heteroatoms. The van der Waals surface area contributed by atoms with E-state index < -0.39 is 29.5 Å². The zero-order chi connectivity index (χ0) is 47.3. The number of allylic oxidation sites excluding steroid dienone is 1. The summed E-state index contributed by atoms with van der Waals surface area (Å²) in [4.78, 5) is 59.0. The van der Waals surface area contributed by atoms with Crippen molar-refractivity contribution in [3.8, 4) is 22.4 Å². The Labute approximate surface area is 390 Å². The van der Waals surface area contributed by atoms with Crippen molar-refractivity contribution in [2.45, 2.75) is 104 Å². The van der Waals surface area contributed by atoms with Crippen LogP contribution in [0.5, 0.6) is 0 Å². The number of likely N-dealkylation sites (N-methyl/N-ethyl adjacent to an activating group) is 1. The topological polar surface area (TPSA) is 151 Å². The summed E-state index contributed by atoms with van der Waals surface area (Å²) in [6.07, 6.45) is 8.88. The van der Waals surface area contributed by atoms with E-state index in [0.717, 1.165) is 69.4 Å². The van der Waals surface area contributed by atoms with Gasteiger partial charge >= 0.3 is 5.97 Å². The number of nitrogen functional groups attached to an aromatic ring is 1. The number of hydrogen-bond acceptors (Lipinski definition) is 9. The first-order chi connectivity index (χ1) is 31.6. The van der Waals surface area contributed by atoms with Gasteiger partial charge in [-0.3, -0.25) is 24.2 Å². The van der Waals surface area contributed by atoms with Crippen LogP contribution in [0.25, 0.3) is 33.3 Å². The van der Waals surface area contributed by atoms with Gasteiger partial charge in [0.2, 0.25) is 11.8 Å². The molecule has 0 saturated carbocycles. The maximum absolute atomic E-state index is 14.7. The van der Waals surface area contributed by atoms with E-state index in [-0.39, 0.29) is 36.7 Å². The van der Waals surface area contributed by atoms with Gasteiger partial charge in [-0.2, -0.15) is 0 Å². The lowest BCUT2D eigenvalue weighted by molar-refractivity contribution is -0.155. The van der Waals surface area contributed by atoms with Crippen molar-refractivity contribution in [1.29, 1.82) is 0 Å². The zero-order valence-electron chi connectivity index (χ0n) is 39.9. The molecule has 0 aliphatic carbocycles. The molecular formula is C53H69N7O6. The Morgan fingerprint density at radius 1 is 1.08 bits per heavy atom. The highest BCUT2D eigenvalue weighted by atomic mass is 16.5. The van der Waals surface area contributed by atoms with Crippen LogP contribution < -0.4 is 16.5 Å². The fraction of sp³-hybridized carbons (Fsp3) is 0.472. The third-order valence-electron chi connectivity index (χ3n) is 13.4. The maximum atomic E-state index is 14.7. The second-order valence-corrected chi connectivity index (χ2v) is 19.5. The number of nitrogens with one attached hydrogen (secondary N) is 2. The Kier molecular flexibility index (Phi) is 15.1. The normalized spacial score (nSPS) is 20.6. The van der Waals surface area contributed by atoms with Gasteiger partial charge in [-0.15, -0.1) is 0 Å². The predicted octanol–water partition coefficient (Wildman–Crippen LogP) is 7.27. The molecule has 0 radical (unpaired) electrons. The number of ether oxygens (including phenoxy) is 2. The van der Waals surface area contributed by atoms with Crippen molar-refractivity contribution >= 4 is 40.3 Å². The molecule has 1 aromatic heterocycles. The molecule has 4 heterocycles. The maximum Gasteiger partial charge on any atom is 0.324 e. The second kappa shape index (κ2) is 20.7. The number of esters is 1. The first-order valence-electron chi connectivity index (χ1n) is 23.6. The van der Waals surface area contributed by atoms with Gasteiger partial charge in [-0.1, -0.05) is 76.7 Å². The molecule has 4 aromatic rings. The van der Waals surface area contributed by atoms with Crippen LogP contribution in [0.2, 0.25) is 0 Å². The number of aryl methyl sites for hydroxylation is 1. The summed E-state index contributed by atoms with van der Waals surface area (Å²) < 4.78 is 14.2. The number of hydrogen-bond donors (Lipinski definition) is 3. The van der Waals surface area contributed by atoms with Crippen LogP contribution in [0.4, 0.5) is 5.69 Å². The van der Waals surface area contributed by atoms with E-state index in [1.807, 2.05) is 55.1 Å². The van der Waals surface area contributed by atoms with Gasteiger partial charge in [0, 0.05) is 74.3 Å². The van der Waals surface area contributed by atoms with Gasteiger partial charge in [0.15, 0.2) is 0 Å². The zero-order valence-corrected chi connectivity index (χ0v) is 39.9. The van der Waals surface area contributed by atoms with E-state index in [1.54, 1.807) is 7.11 Å². The molecule has 3 amide bonds. The van der Waals surface area contributed by atoms with Gasteiger partial charge in [-0.05, 0) is 115 Å². The number of carbonyl (C=O) groups excluding carboxylic acids is 4. The van der Waals surface area contributed by atoms with E-state index >= 15 is 0 Å². The highest BCUT2D eigenvalue weighted by Gasteiger charge is 2.37. The van der Waals surface area contributed by atoms with Gasteiger partial charge in [0.25, 0.3) is 5.91 Å². The molecule has 13 nitrogen and oxygen atoms in total. The second-order valence-electron chi connectivity index (χ2n) is 19.5. The first-order valence-corrected chi connectivity index (χ1v) is 23.6. The number of benzene rings is 3. The highest BCUT2D eigenvalue weighted by Crippen LogP contribution is 2.41. The largest absolute Gasteiger partial charge is 0.464 e. The molecule has 2 saturated heterocycles. The van der Waals surface area contributed by atoms with E-state index in [0.29, 0.717) is 57.1 Å². The quantitative estimate of drug-likeness (QED) is 0.0758. The van der Waals surface area contributed by atoms with E-state index in [4.69, 9.17) is 15.2 Å². The molecule has 7 rings (SSSR count). The average Bonchev–Trinajstić information content (AvgIpc) is 3.89. The van der Waals surface area contributed by atoms with Gasteiger partial charge < -0.3 is 34.9 Å². The Morgan fingerprint density at radius 2 is 1.86 bits per heavy atom. The van der Waals surface area contributed by atoms with Crippen molar-refractivity contribution in [2.24, 2.45) is 17.3 Å². The third kappa shape index (κ3) is 10.7. The van der Waals surface area contributed by atoms with Gasteiger partial charge in [0.05, 0.1) is 18.9 Å². The number of fused-ring (bicyclic) bond motifs is 6. The monoisotopic (exact) mass is 900 g/mol. The molecule has 6 bridgehead atoms. The molecule has 3 aromatic carbocycles. The molecule has 2 fully saturated rings. The van der Waals surface area contributed by atoms with Crippen LogP contribution in [-0.4, -0.2) is 102 Å². The van der Waals surface area contributed by atoms with Crippen molar-refractivity contribution in [2.75, 3.05) is 46.1 Å². The van der Waals surface area contributed by atoms with Gasteiger partial charge in [0.1, 0.15) is 18.1 Å². The average molecular weight is 900 g/mol. The van der Waals surface area contributed by atoms with Crippen molar-refractivity contribution in [1.82, 2.24) is 30.1 Å². The number of nitrogens with zero attached hydrogens (tertiary/aromatic N) is 4. The van der Waals surface area contributed by atoms with Crippen molar-refractivity contribution in [3.05, 3.63) is 102 Å². The Morgan fingerprint density at radius 3 is 2.61 bits per heavy atom. The van der Waals surface area contributed by atoms with Crippen molar-refractivity contribution < 1.29 is 28.7 Å². The summed E-state index contributed by atoms with van der Waals surface area (Å²) in [5.74, 6) is -0.886. The smallest absolute Gasteiger partial charge is 0.324 e. The van der Waals surface area contributed by atoms with Crippen LogP contribution in [0.15, 0.2) is 85.6 Å². The first kappa shape index (κ1) is 48.0. The number of rotatable bonds is 12. The standard InChI is InChI=1S/C53H69N7O6/c1-9-47(61)58-24-21-35(31-58)15-13-22-57(7)48(34(3)4)50(62)55-45-27-36-25-39(28-40(54)26-36)37-19-20-46-42(29-37)43(49(59(46)10-2)41-17-12-11-16-38(41)32-65-8)30-53(5,6)33-66-52(64)44-18-14-23-60(56-44)51(45)63/h9,11-13,16-17,19-20,22,25-26,28-29,34-35,44-45,48,56H,1,10,14-15,18,21,23-24,27,30-33,54H2,2-8H3,(H,55,62)/b22-13+/t35?,44-,45-,48-/m0/s1. The molecular weight excluding hydrogens is 831 g/mol. The van der Waals surface area contributed by atoms with Gasteiger partial charge in [-0.25, -0.2) is 5.43 Å². The molecule has 352 valence electrons. The van der Waals surface area contributed by atoms with Crippen LogP contribution in [0.3, 0.4) is 0 Å². The molecule has 4 N–H and O–H groups in total. The van der Waals surface area contributed by atoms with Crippen molar-refractivity contribution in [3.63, 3.8) is 0 Å². The molecule has 66 heavy (non-hydrogen) atoms. The number of amides is 3. The number of likely N-dealkylation sites (tertiary alicyclic amines) is 1. The van der Waals surface area contributed by atoms with Crippen LogP contribution in [0.1, 0.15) is 77.0 Å². The summed E-state index contributed by atoms with van der Waals surface area (Å²) >= 11 is 0. The number of methoxy groups -OCH3 is 1. The molecule has 3 aliphatic rings. The molecule has 1 unspecified atom stereocenters. The summed E-state index contributed by atoms with van der Waals surface area (Å²) in [5, 5.41) is 5.73. The fourth-order valence-electron chi connectivity index (χ4n) is 10.2. The number of anilines is 1. The number of cyclic esters (lactones) is 1. The number of nitrogens with two attached hydrogens (primary N) is 1. The molecule has 4 atom stereocenters. The Bertz CT molecular complexity index is 2470. The third-order valence-corrected chi connectivity index (χ3v) is 13.4. The Hall–Kier alpha value is -5.92. The lowest BCUT2D eigenvalue weighted by Crippen LogP contribution is -2.61. The van der Waals surface area contributed by atoms with Crippen LogP contribution >= 0.6 is 0 Å². The minimum Gasteiger partial charge on any atom is -0.464 e. The Balaban J connectivity index is 1.26. The number of carbonyl (C=O) groups is 4. The van der Waals surface area contributed by atoms with Crippen LogP contribution in [0, 0.1) is 17.3 Å². The van der Waals surface area contributed by atoms with Crippen LogP contribution in [-0.2, 0) is 54.6 Å². The minimum absolute atomic E-state index is 0.0504. The summed E-state index contributed by atoms with van der Waals surface area (Å²) in [5.41, 5.74) is 18.2. The van der Waals surface area contributed by atoms with E-state index in [1.165, 1.54) is 11.1 Å². The lowest BCUT2D eigenvalue weighted by atomic mass is 9.84. The molecule has 3 aliphatic heterocycles. The lowest BCUT2D eigenvalue weighted by Gasteiger charge is -2.36. The summed E-state index contributed by atoms with van der Waals surface area (Å²) in [6, 6.07) is 18.5. The van der Waals surface area contributed by atoms with E-state index in [9.17, 15) is 19.2 Å². The minimum atomic E-state index is -0.986. The predicted molar refractivity (Wildman–Crippen MR) is 261 cm³/mol. The summed E-state index contributed by atoms with van der Waals surface area (Å²) in [7, 11) is 3.59.